The summed E-state index contributed by atoms with van der Waals surface area (Å²) in [6.07, 6.45) is -11.8. The third-order valence-electron chi connectivity index (χ3n) is 3.69. The van der Waals surface area contributed by atoms with Gasteiger partial charge in [0.25, 0.3) is 0 Å². The van der Waals surface area contributed by atoms with Gasteiger partial charge in [-0.05, 0) is 6.08 Å². The lowest BCUT2D eigenvalue weighted by molar-refractivity contribution is -0.243. The number of aldehydes is 1. The van der Waals surface area contributed by atoms with Gasteiger partial charge in [0.2, 0.25) is 18.0 Å². The van der Waals surface area contributed by atoms with E-state index in [0.717, 1.165) is 6.92 Å². The molecule has 0 unspecified atom stereocenters. The van der Waals surface area contributed by atoms with Gasteiger partial charge < -0.3 is 45.1 Å². The number of carbonyl (C=O) groups excluding carboxylic acids is 2. The van der Waals surface area contributed by atoms with Crippen LogP contribution in [-0.4, -0.2) is 106 Å². The molecule has 1 aliphatic heterocycles. The molecule has 0 bridgehead atoms. The number of aliphatic hydroxyl groups is 4. The molecule has 30 heavy (non-hydrogen) atoms. The van der Waals surface area contributed by atoms with E-state index in [-0.39, 0.29) is 6.29 Å². The number of carboxylic acid groups (broad SMARTS) is 1. The monoisotopic (exact) mass is 459 g/mol. The highest BCUT2D eigenvalue weighted by Gasteiger charge is 2.45. The number of aliphatic carboxylic acids is 1. The van der Waals surface area contributed by atoms with E-state index in [4.69, 9.17) is 24.2 Å². The van der Waals surface area contributed by atoms with Gasteiger partial charge in [-0.1, -0.05) is 0 Å². The summed E-state index contributed by atoms with van der Waals surface area (Å²) in [7, 11) is -5.24. The Bertz CT molecular complexity index is 767. The molecule has 0 radical (unpaired) electrons. The van der Waals surface area contributed by atoms with Crippen molar-refractivity contribution in [2.75, 3.05) is 6.61 Å². The fourth-order valence-corrected chi connectivity index (χ4v) is 2.89. The van der Waals surface area contributed by atoms with Crippen LogP contribution in [0.5, 0.6) is 0 Å². The number of aliphatic hydroxyl groups excluding tert-OH is 4. The fraction of sp³-hybridized carbons (Fsp3) is 0.643. The lowest BCUT2D eigenvalue weighted by Gasteiger charge is -2.37. The van der Waals surface area contributed by atoms with Crippen LogP contribution in [-0.2, 0) is 38.4 Å². The van der Waals surface area contributed by atoms with Crippen LogP contribution in [0, 0.1) is 0 Å². The van der Waals surface area contributed by atoms with Crippen LogP contribution < -0.4 is 5.32 Å². The van der Waals surface area contributed by atoms with Crippen LogP contribution in [0.15, 0.2) is 11.8 Å². The molecule has 1 rings (SSSR count). The summed E-state index contributed by atoms with van der Waals surface area (Å²) in [6, 6.07) is -1.72. The third-order valence-corrected chi connectivity index (χ3v) is 4.16. The molecule has 0 aromatic carbocycles. The molecule has 0 spiro atoms. The second kappa shape index (κ2) is 10.7. The van der Waals surface area contributed by atoms with Gasteiger partial charge in [0.1, 0.15) is 36.7 Å². The Labute approximate surface area is 169 Å². The van der Waals surface area contributed by atoms with Crippen molar-refractivity contribution in [3.05, 3.63) is 11.8 Å². The summed E-state index contributed by atoms with van der Waals surface area (Å²) in [6.45, 7) is -0.0507. The summed E-state index contributed by atoms with van der Waals surface area (Å²) in [4.78, 5) is 33.8. The number of ether oxygens (including phenoxy) is 2. The smallest absolute Gasteiger partial charge is 0.397 e. The maximum Gasteiger partial charge on any atom is 0.397 e. The Morgan fingerprint density at radius 1 is 1.37 bits per heavy atom. The van der Waals surface area contributed by atoms with Crippen LogP contribution in [0.3, 0.4) is 0 Å². The van der Waals surface area contributed by atoms with Gasteiger partial charge in [0.05, 0.1) is 6.61 Å². The van der Waals surface area contributed by atoms with Crippen molar-refractivity contribution >= 4 is 28.6 Å². The number of amides is 1. The van der Waals surface area contributed by atoms with Gasteiger partial charge in [-0.15, -0.1) is 0 Å². The highest BCUT2D eigenvalue weighted by molar-refractivity contribution is 7.80. The number of carboxylic acids is 1. The molecule has 0 aromatic heterocycles. The predicted octanol–water partition coefficient (Wildman–Crippen LogP) is -4.34. The van der Waals surface area contributed by atoms with Gasteiger partial charge >= 0.3 is 16.4 Å². The van der Waals surface area contributed by atoms with Crippen LogP contribution in [0.4, 0.5) is 0 Å². The Morgan fingerprint density at radius 2 is 1.97 bits per heavy atom. The van der Waals surface area contributed by atoms with Crippen LogP contribution >= 0.6 is 0 Å². The van der Waals surface area contributed by atoms with Crippen molar-refractivity contribution in [2.45, 2.75) is 49.8 Å². The topological polar surface area (TPSA) is 246 Å². The first-order valence-corrected chi connectivity index (χ1v) is 9.47. The lowest BCUT2D eigenvalue weighted by Crippen LogP contribution is -2.58. The SMILES string of the molecule is CC(=O)N[C@H](C=O)[C@H](O[C@@H]1OC(C(=O)O)=C[C@H](O)[C@@H]1OS(=O)(=O)O)[C@@H](O)[C@H](O)CO. The van der Waals surface area contributed by atoms with E-state index >= 15 is 0 Å². The van der Waals surface area contributed by atoms with E-state index in [1.165, 1.54) is 0 Å². The minimum Gasteiger partial charge on any atom is -0.475 e. The molecule has 7 atom stereocenters. The maximum absolute atomic E-state index is 11.4. The largest absolute Gasteiger partial charge is 0.475 e. The van der Waals surface area contributed by atoms with Crippen molar-refractivity contribution in [1.82, 2.24) is 5.32 Å². The standard InChI is InChI=1S/C14H21NO14S/c1-5(18)15-6(3-16)11(10(21)8(20)4-17)28-14-12(29-30(24,25)26)7(19)2-9(27-14)13(22)23/h2-3,6-8,10-12,14,17,19-21H,4H2,1H3,(H,15,18)(H,22,23)(H,24,25,26)/t6-,7+,8-,10+,11+,12+,14+/m1/s1. The van der Waals surface area contributed by atoms with Gasteiger partial charge in [-0.2, -0.15) is 8.42 Å². The maximum atomic E-state index is 11.4. The molecule has 1 aliphatic rings. The highest BCUT2D eigenvalue weighted by Crippen LogP contribution is 2.26. The molecule has 0 fully saturated rings. The normalized spacial score (nSPS) is 25.8. The molecule has 15 nitrogen and oxygen atoms in total. The van der Waals surface area contributed by atoms with E-state index in [2.05, 4.69) is 4.18 Å². The van der Waals surface area contributed by atoms with Gasteiger partial charge in [0.15, 0.2) is 6.10 Å². The zero-order valence-electron chi connectivity index (χ0n) is 15.3. The zero-order valence-corrected chi connectivity index (χ0v) is 16.1. The average Bonchev–Trinajstić information content (AvgIpc) is 2.64. The summed E-state index contributed by atoms with van der Waals surface area (Å²) in [5, 5.41) is 49.9. The summed E-state index contributed by atoms with van der Waals surface area (Å²) in [5.41, 5.74) is 0. The summed E-state index contributed by atoms with van der Waals surface area (Å²) >= 11 is 0. The molecule has 1 heterocycles. The molecular weight excluding hydrogens is 438 g/mol. The summed E-state index contributed by atoms with van der Waals surface area (Å²) < 4.78 is 45.3. The molecule has 0 saturated carbocycles. The number of nitrogens with one attached hydrogen (secondary N) is 1. The Balaban J connectivity index is 3.34. The molecule has 0 saturated heterocycles. The molecule has 0 aromatic rings. The average molecular weight is 459 g/mol. The van der Waals surface area contributed by atoms with Crippen molar-refractivity contribution in [2.24, 2.45) is 0 Å². The number of rotatable bonds is 11. The molecular formula is C14H21NO14S. The fourth-order valence-electron chi connectivity index (χ4n) is 2.40. The van der Waals surface area contributed by atoms with Crippen molar-refractivity contribution in [3.8, 4) is 0 Å². The van der Waals surface area contributed by atoms with Gasteiger partial charge in [-0.3, -0.25) is 9.35 Å². The Morgan fingerprint density at radius 3 is 2.40 bits per heavy atom. The van der Waals surface area contributed by atoms with Crippen LogP contribution in [0.1, 0.15) is 6.92 Å². The van der Waals surface area contributed by atoms with E-state index in [1.807, 2.05) is 5.32 Å². The zero-order chi connectivity index (χ0) is 23.2. The Kier molecular flexibility index (Phi) is 9.25. The van der Waals surface area contributed by atoms with E-state index in [1.54, 1.807) is 0 Å². The predicted molar refractivity (Wildman–Crippen MR) is 90.7 cm³/mol. The second-order valence-electron chi connectivity index (χ2n) is 6.01. The molecule has 7 N–H and O–H groups in total. The van der Waals surface area contributed by atoms with Crippen molar-refractivity contribution in [3.63, 3.8) is 0 Å². The highest BCUT2D eigenvalue weighted by atomic mass is 32.3. The van der Waals surface area contributed by atoms with E-state index in [9.17, 15) is 38.1 Å². The quantitative estimate of drug-likeness (QED) is 0.114. The third kappa shape index (κ3) is 7.26. The summed E-state index contributed by atoms with van der Waals surface area (Å²) in [5.74, 6) is -3.47. The van der Waals surface area contributed by atoms with E-state index < -0.39 is 77.5 Å². The van der Waals surface area contributed by atoms with E-state index in [0.29, 0.717) is 6.08 Å². The number of carbonyl (C=O) groups is 3. The van der Waals surface area contributed by atoms with Crippen LogP contribution in [0.25, 0.3) is 0 Å². The first kappa shape index (κ1) is 25.9. The van der Waals surface area contributed by atoms with Crippen molar-refractivity contribution in [1.29, 1.82) is 0 Å². The van der Waals surface area contributed by atoms with Gasteiger partial charge in [0, 0.05) is 6.92 Å². The second-order valence-corrected chi connectivity index (χ2v) is 7.05. The minimum absolute atomic E-state index is 0.0607. The number of hydrogen-bond acceptors (Lipinski definition) is 12. The van der Waals surface area contributed by atoms with Crippen molar-refractivity contribution < 1.29 is 66.5 Å². The first-order valence-electron chi connectivity index (χ1n) is 8.11. The molecule has 16 heteroatoms. The Hall–Kier alpha value is -2.18. The lowest BCUT2D eigenvalue weighted by atomic mass is 10.0. The molecule has 172 valence electrons. The first-order chi connectivity index (χ1) is 13.8. The minimum atomic E-state index is -5.24. The molecule has 1 amide bonds. The van der Waals surface area contributed by atoms with Gasteiger partial charge in [-0.25, -0.2) is 8.98 Å². The van der Waals surface area contributed by atoms with Crippen LogP contribution in [0.2, 0.25) is 0 Å². The molecule has 0 aliphatic carbocycles. The number of hydrogen-bond donors (Lipinski definition) is 7.